The lowest BCUT2D eigenvalue weighted by atomic mass is 9.92. The fraction of sp³-hybridized carbons (Fsp3) is 0.250. The van der Waals surface area contributed by atoms with Gasteiger partial charge in [0.1, 0.15) is 5.82 Å². The van der Waals surface area contributed by atoms with Crippen LogP contribution in [-0.4, -0.2) is 12.1 Å². The molecule has 0 aliphatic heterocycles. The van der Waals surface area contributed by atoms with Crippen LogP contribution in [-0.2, 0) is 6.42 Å². The molecule has 0 amide bonds. The highest BCUT2D eigenvalue weighted by Crippen LogP contribution is 2.21. The molecule has 0 saturated carbocycles. The number of benzene rings is 2. The van der Waals surface area contributed by atoms with Crippen molar-refractivity contribution in [1.29, 1.82) is 0 Å². The van der Waals surface area contributed by atoms with Crippen molar-refractivity contribution in [3.63, 3.8) is 0 Å². The fourth-order valence-corrected chi connectivity index (χ4v) is 2.26. The molecule has 4 heteroatoms. The molecule has 0 bridgehead atoms. The Morgan fingerprint density at radius 1 is 1.20 bits per heavy atom. The normalized spacial score (nSPS) is 13.8. The summed E-state index contributed by atoms with van der Waals surface area (Å²) in [7, 11) is 0. The minimum absolute atomic E-state index is 0.263. The maximum atomic E-state index is 13.2. The molecule has 0 aliphatic rings. The Morgan fingerprint density at radius 3 is 2.50 bits per heavy atom. The zero-order valence-corrected chi connectivity index (χ0v) is 12.1. The van der Waals surface area contributed by atoms with Gasteiger partial charge in [-0.05, 0) is 49.2 Å². The van der Waals surface area contributed by atoms with E-state index < -0.39 is 0 Å². The first-order valence-corrected chi connectivity index (χ1v) is 6.87. The van der Waals surface area contributed by atoms with Crippen molar-refractivity contribution in [3.05, 3.63) is 64.9 Å². The molecule has 2 aromatic rings. The Labute approximate surface area is 123 Å². The molecule has 2 aromatic carbocycles. The lowest BCUT2D eigenvalue weighted by Crippen LogP contribution is -2.44. The Bertz CT molecular complexity index is 571. The zero-order valence-electron chi connectivity index (χ0n) is 11.4. The van der Waals surface area contributed by atoms with Gasteiger partial charge in [-0.25, -0.2) is 4.39 Å². The molecule has 0 fully saturated rings. The van der Waals surface area contributed by atoms with Crippen LogP contribution in [0.2, 0.25) is 5.02 Å². The van der Waals surface area contributed by atoms with E-state index in [0.29, 0.717) is 11.6 Å². The van der Waals surface area contributed by atoms with Crippen molar-refractivity contribution < 1.29 is 4.39 Å². The van der Waals surface area contributed by atoms with Crippen molar-refractivity contribution in [2.24, 2.45) is 5.73 Å². The van der Waals surface area contributed by atoms with E-state index in [-0.39, 0.29) is 11.4 Å². The summed E-state index contributed by atoms with van der Waals surface area (Å²) < 4.78 is 13.2. The van der Waals surface area contributed by atoms with Gasteiger partial charge in [0.15, 0.2) is 0 Å². The summed E-state index contributed by atoms with van der Waals surface area (Å²) >= 11 is 5.88. The van der Waals surface area contributed by atoms with Gasteiger partial charge in [0.2, 0.25) is 0 Å². The van der Waals surface area contributed by atoms with Gasteiger partial charge >= 0.3 is 0 Å². The highest BCUT2D eigenvalue weighted by atomic mass is 35.5. The van der Waals surface area contributed by atoms with Crippen LogP contribution in [0, 0.1) is 5.82 Å². The largest absolute Gasteiger partial charge is 0.378 e. The minimum Gasteiger partial charge on any atom is -0.378 e. The smallest absolute Gasteiger partial charge is 0.125 e. The molecule has 3 N–H and O–H groups in total. The Morgan fingerprint density at radius 2 is 1.90 bits per heavy atom. The first-order chi connectivity index (χ1) is 9.50. The number of hydrogen-bond donors (Lipinski definition) is 2. The predicted molar refractivity (Wildman–Crippen MR) is 82.6 cm³/mol. The van der Waals surface area contributed by atoms with Crippen molar-refractivity contribution in [3.8, 4) is 0 Å². The second-order valence-corrected chi connectivity index (χ2v) is 5.64. The van der Waals surface area contributed by atoms with E-state index in [0.717, 1.165) is 17.7 Å². The molecule has 0 aliphatic carbocycles. The second kappa shape index (κ2) is 6.25. The molecule has 20 heavy (non-hydrogen) atoms. The third-order valence-corrected chi connectivity index (χ3v) is 3.48. The number of anilines is 1. The van der Waals surface area contributed by atoms with Crippen LogP contribution in [0.1, 0.15) is 12.5 Å². The summed E-state index contributed by atoms with van der Waals surface area (Å²) in [5.41, 5.74) is 7.40. The molecule has 0 radical (unpaired) electrons. The van der Waals surface area contributed by atoms with Crippen molar-refractivity contribution in [2.45, 2.75) is 18.9 Å². The molecule has 1 unspecified atom stereocenters. The lowest BCUT2D eigenvalue weighted by molar-refractivity contribution is 0.520. The van der Waals surface area contributed by atoms with Gasteiger partial charge in [-0.1, -0.05) is 29.8 Å². The van der Waals surface area contributed by atoms with Crippen LogP contribution in [0.5, 0.6) is 0 Å². The lowest BCUT2D eigenvalue weighted by Gasteiger charge is -2.31. The molecule has 0 saturated heterocycles. The summed E-state index contributed by atoms with van der Waals surface area (Å²) in [6.45, 7) is 2.46. The first kappa shape index (κ1) is 14.8. The molecule has 0 heterocycles. The van der Waals surface area contributed by atoms with Gasteiger partial charge < -0.3 is 11.1 Å². The highest BCUT2D eigenvalue weighted by Gasteiger charge is 2.22. The monoisotopic (exact) mass is 292 g/mol. The third kappa shape index (κ3) is 3.95. The van der Waals surface area contributed by atoms with E-state index in [2.05, 4.69) is 5.32 Å². The molecule has 0 spiro atoms. The van der Waals surface area contributed by atoms with E-state index in [1.807, 2.05) is 37.3 Å². The number of hydrogen-bond acceptors (Lipinski definition) is 2. The van der Waals surface area contributed by atoms with Gasteiger partial charge in [-0.15, -0.1) is 0 Å². The summed E-state index contributed by atoms with van der Waals surface area (Å²) in [6, 6.07) is 14.1. The fourth-order valence-electron chi connectivity index (χ4n) is 2.13. The molecule has 1 atom stereocenters. The van der Waals surface area contributed by atoms with Crippen LogP contribution in [0.15, 0.2) is 48.5 Å². The summed E-state index contributed by atoms with van der Waals surface area (Å²) in [5, 5.41) is 4.02. The molecule has 106 valence electrons. The SMILES string of the molecule is CC(CN)(Cc1ccc(Cl)cc1)Nc1cccc(F)c1. The quantitative estimate of drug-likeness (QED) is 0.878. The number of nitrogens with two attached hydrogens (primary N) is 1. The Balaban J connectivity index is 2.14. The topological polar surface area (TPSA) is 38.0 Å². The van der Waals surface area contributed by atoms with E-state index in [4.69, 9.17) is 17.3 Å². The third-order valence-electron chi connectivity index (χ3n) is 3.23. The average Bonchev–Trinajstić information content (AvgIpc) is 2.41. The van der Waals surface area contributed by atoms with Crippen LogP contribution >= 0.6 is 11.6 Å². The summed E-state index contributed by atoms with van der Waals surface area (Å²) in [4.78, 5) is 0. The van der Waals surface area contributed by atoms with E-state index in [1.165, 1.54) is 12.1 Å². The minimum atomic E-state index is -0.346. The predicted octanol–water partition coefficient (Wildman–Crippen LogP) is 3.85. The zero-order chi connectivity index (χ0) is 14.6. The van der Waals surface area contributed by atoms with Gasteiger partial charge in [0.05, 0.1) is 5.54 Å². The van der Waals surface area contributed by atoms with Crippen LogP contribution in [0.3, 0.4) is 0 Å². The molecular weight excluding hydrogens is 275 g/mol. The highest BCUT2D eigenvalue weighted by molar-refractivity contribution is 6.30. The van der Waals surface area contributed by atoms with Crippen molar-refractivity contribution in [2.75, 3.05) is 11.9 Å². The van der Waals surface area contributed by atoms with E-state index in [9.17, 15) is 4.39 Å². The van der Waals surface area contributed by atoms with Crippen LogP contribution in [0.25, 0.3) is 0 Å². The maximum absolute atomic E-state index is 13.2. The molecular formula is C16H18ClFN2. The first-order valence-electron chi connectivity index (χ1n) is 6.49. The van der Waals surface area contributed by atoms with Gasteiger partial charge in [-0.3, -0.25) is 0 Å². The molecule has 2 rings (SSSR count). The van der Waals surface area contributed by atoms with Gasteiger partial charge in [-0.2, -0.15) is 0 Å². The van der Waals surface area contributed by atoms with Gasteiger partial charge in [0.25, 0.3) is 0 Å². The molecule has 2 nitrogen and oxygen atoms in total. The Hall–Kier alpha value is -1.58. The Kier molecular flexibility index (Phi) is 4.63. The average molecular weight is 293 g/mol. The number of rotatable bonds is 5. The van der Waals surface area contributed by atoms with Crippen LogP contribution in [0.4, 0.5) is 10.1 Å². The van der Waals surface area contributed by atoms with Crippen molar-refractivity contribution >= 4 is 17.3 Å². The maximum Gasteiger partial charge on any atom is 0.125 e. The van der Waals surface area contributed by atoms with Crippen molar-refractivity contribution in [1.82, 2.24) is 0 Å². The van der Waals surface area contributed by atoms with E-state index in [1.54, 1.807) is 6.07 Å². The number of nitrogens with one attached hydrogen (secondary N) is 1. The van der Waals surface area contributed by atoms with E-state index >= 15 is 0 Å². The summed E-state index contributed by atoms with van der Waals surface area (Å²) in [5.74, 6) is -0.263. The van der Waals surface area contributed by atoms with Gasteiger partial charge in [0, 0.05) is 17.3 Å². The summed E-state index contributed by atoms with van der Waals surface area (Å²) in [6.07, 6.45) is 0.733. The molecule has 0 aromatic heterocycles. The number of halogens is 2. The van der Waals surface area contributed by atoms with Crippen LogP contribution < -0.4 is 11.1 Å². The standard InChI is InChI=1S/C16H18ClFN2/c1-16(11-19,10-12-5-7-13(17)8-6-12)20-15-4-2-3-14(18)9-15/h2-9,20H,10-11,19H2,1H3. The second-order valence-electron chi connectivity index (χ2n) is 5.20.